The van der Waals surface area contributed by atoms with Crippen molar-refractivity contribution < 1.29 is 19.0 Å². The van der Waals surface area contributed by atoms with E-state index in [9.17, 15) is 4.79 Å². The number of ether oxygens (including phenoxy) is 3. The van der Waals surface area contributed by atoms with Crippen molar-refractivity contribution in [2.75, 3.05) is 34.5 Å². The number of hydrogen-bond donors (Lipinski definition) is 0. The van der Waals surface area contributed by atoms with E-state index in [4.69, 9.17) is 14.2 Å². The minimum absolute atomic E-state index is 0. The van der Waals surface area contributed by atoms with Crippen LogP contribution in [-0.2, 0) is 16.0 Å². The van der Waals surface area contributed by atoms with Gasteiger partial charge in [0, 0.05) is 19.2 Å². The van der Waals surface area contributed by atoms with Gasteiger partial charge < -0.3 is 14.2 Å². The molecular weight excluding hydrogens is 278 g/mol. The number of hydrogen-bond acceptors (Lipinski definition) is 5. The molecule has 0 saturated carbocycles. The molecule has 5 nitrogen and oxygen atoms in total. The molecule has 0 aromatic heterocycles. The van der Waals surface area contributed by atoms with Crippen LogP contribution in [0.2, 0.25) is 0 Å². The van der Waals surface area contributed by atoms with Gasteiger partial charge in [-0.1, -0.05) is 6.07 Å². The van der Waals surface area contributed by atoms with Crippen molar-refractivity contribution in [1.29, 1.82) is 0 Å². The molecule has 0 aliphatic carbocycles. The topological polar surface area (TPSA) is 48.0 Å². The first-order valence-corrected chi connectivity index (χ1v) is 6.19. The minimum atomic E-state index is -0.350. The lowest BCUT2D eigenvalue weighted by Crippen LogP contribution is -2.37. The summed E-state index contributed by atoms with van der Waals surface area (Å²) in [6.07, 6.45) is 0. The summed E-state index contributed by atoms with van der Waals surface area (Å²) in [7, 11) is 5.09. The van der Waals surface area contributed by atoms with Crippen molar-refractivity contribution >= 4 is 19.5 Å². The maximum atomic E-state index is 11.5. The highest BCUT2D eigenvalue weighted by atomic mass is 32.1. The number of carbonyl (C=O) groups excluding carboxylic acids is 1. The van der Waals surface area contributed by atoms with Crippen molar-refractivity contribution in [3.8, 4) is 5.75 Å². The van der Waals surface area contributed by atoms with Crippen LogP contribution in [0.4, 0.5) is 0 Å². The molecule has 20 heavy (non-hydrogen) atoms. The molecule has 1 heterocycles. The zero-order valence-corrected chi connectivity index (χ0v) is 13.0. The standard InChI is InChI=1S/C14H19NO4.H2S/c1-15-7-11-5-4-10(14(16)18-3)6-13(11)19-9-12(15)8-17-2;/h4-6,12H,7-9H2,1-3H3;1H2/t12-;/m0./s1. The molecule has 0 N–H and O–H groups in total. The molecule has 1 aromatic rings. The van der Waals surface area contributed by atoms with Gasteiger partial charge >= 0.3 is 5.97 Å². The Morgan fingerprint density at radius 3 is 2.85 bits per heavy atom. The molecule has 6 heteroatoms. The number of fused-ring (bicyclic) bond motifs is 1. The van der Waals surface area contributed by atoms with Gasteiger partial charge in [0.2, 0.25) is 0 Å². The molecule has 0 saturated heterocycles. The number of benzene rings is 1. The quantitative estimate of drug-likeness (QED) is 0.790. The van der Waals surface area contributed by atoms with Crippen molar-refractivity contribution in [2.45, 2.75) is 12.6 Å². The fourth-order valence-electron chi connectivity index (χ4n) is 2.14. The van der Waals surface area contributed by atoms with Gasteiger partial charge in [-0.2, -0.15) is 13.5 Å². The van der Waals surface area contributed by atoms with Crippen LogP contribution >= 0.6 is 13.5 Å². The third kappa shape index (κ3) is 3.65. The molecule has 112 valence electrons. The SMILES string of the molecule is COC[C@H]1COc2cc(C(=O)OC)ccc2CN1C.S. The Kier molecular flexibility index (Phi) is 6.32. The van der Waals surface area contributed by atoms with Gasteiger partial charge in [-0.25, -0.2) is 4.79 Å². The van der Waals surface area contributed by atoms with Crippen molar-refractivity contribution in [3.63, 3.8) is 0 Å². The monoisotopic (exact) mass is 299 g/mol. The lowest BCUT2D eigenvalue weighted by atomic mass is 10.1. The number of methoxy groups -OCH3 is 2. The van der Waals surface area contributed by atoms with Crippen LogP contribution < -0.4 is 4.74 Å². The largest absolute Gasteiger partial charge is 0.492 e. The van der Waals surface area contributed by atoms with Crippen LogP contribution in [-0.4, -0.2) is 51.4 Å². The zero-order valence-electron chi connectivity index (χ0n) is 12.0. The van der Waals surface area contributed by atoms with Gasteiger partial charge in [0.15, 0.2) is 0 Å². The lowest BCUT2D eigenvalue weighted by Gasteiger charge is -2.23. The van der Waals surface area contributed by atoms with E-state index in [1.807, 2.05) is 13.1 Å². The molecule has 0 unspecified atom stereocenters. The highest BCUT2D eigenvalue weighted by molar-refractivity contribution is 7.59. The predicted molar refractivity (Wildman–Crippen MR) is 80.8 cm³/mol. The van der Waals surface area contributed by atoms with Crippen molar-refractivity contribution in [1.82, 2.24) is 4.90 Å². The number of carbonyl (C=O) groups is 1. The molecule has 1 atom stereocenters. The predicted octanol–water partition coefficient (Wildman–Crippen LogP) is 1.43. The van der Waals surface area contributed by atoms with Crippen molar-refractivity contribution in [3.05, 3.63) is 29.3 Å². The van der Waals surface area contributed by atoms with E-state index in [1.165, 1.54) is 7.11 Å². The van der Waals surface area contributed by atoms with Gasteiger partial charge in [0.25, 0.3) is 0 Å². The smallest absolute Gasteiger partial charge is 0.337 e. The normalized spacial score (nSPS) is 18.2. The fraction of sp³-hybridized carbons (Fsp3) is 0.500. The molecule has 1 aromatic carbocycles. The third-order valence-electron chi connectivity index (χ3n) is 3.32. The maximum Gasteiger partial charge on any atom is 0.337 e. The number of esters is 1. The van der Waals surface area contributed by atoms with Gasteiger partial charge in [0.1, 0.15) is 12.4 Å². The summed E-state index contributed by atoms with van der Waals surface area (Å²) in [6.45, 7) is 1.93. The summed E-state index contributed by atoms with van der Waals surface area (Å²) in [5.41, 5.74) is 1.57. The Bertz CT molecular complexity index is 466. The Balaban J connectivity index is 0.00000200. The summed E-state index contributed by atoms with van der Waals surface area (Å²) in [6, 6.07) is 5.62. The Morgan fingerprint density at radius 1 is 1.45 bits per heavy atom. The summed E-state index contributed by atoms with van der Waals surface area (Å²) >= 11 is 0. The van der Waals surface area contributed by atoms with E-state index < -0.39 is 0 Å². The Morgan fingerprint density at radius 2 is 2.20 bits per heavy atom. The van der Waals surface area contributed by atoms with Crippen LogP contribution in [0.3, 0.4) is 0 Å². The van der Waals surface area contributed by atoms with Crippen LogP contribution in [0.5, 0.6) is 5.75 Å². The Labute approximate surface area is 126 Å². The minimum Gasteiger partial charge on any atom is -0.492 e. The first-order chi connectivity index (χ1) is 9.15. The first kappa shape index (κ1) is 16.8. The average Bonchev–Trinajstić information content (AvgIpc) is 2.57. The molecule has 2 rings (SSSR count). The number of likely N-dealkylation sites (N-methyl/N-ethyl adjacent to an activating group) is 1. The van der Waals surface area contributed by atoms with Crippen LogP contribution in [0.25, 0.3) is 0 Å². The summed E-state index contributed by atoms with van der Waals surface area (Å²) in [5.74, 6) is 0.394. The van der Waals surface area contributed by atoms with Gasteiger partial charge in [-0.05, 0) is 19.2 Å². The summed E-state index contributed by atoms with van der Waals surface area (Å²) in [4.78, 5) is 13.7. The van der Waals surface area contributed by atoms with Crippen LogP contribution in [0.1, 0.15) is 15.9 Å². The highest BCUT2D eigenvalue weighted by Gasteiger charge is 2.22. The van der Waals surface area contributed by atoms with E-state index in [-0.39, 0.29) is 25.5 Å². The second kappa shape index (κ2) is 7.52. The van der Waals surface area contributed by atoms with Gasteiger partial charge in [0.05, 0.1) is 25.3 Å². The molecule has 0 radical (unpaired) electrons. The van der Waals surface area contributed by atoms with E-state index in [1.54, 1.807) is 19.2 Å². The summed E-state index contributed by atoms with van der Waals surface area (Å²) < 4.78 is 15.7. The zero-order chi connectivity index (χ0) is 13.8. The molecular formula is C14H21NO4S. The van der Waals surface area contributed by atoms with E-state index >= 15 is 0 Å². The van der Waals surface area contributed by atoms with E-state index in [0.29, 0.717) is 18.8 Å². The molecule has 0 spiro atoms. The second-order valence-electron chi connectivity index (χ2n) is 4.65. The first-order valence-electron chi connectivity index (χ1n) is 6.19. The summed E-state index contributed by atoms with van der Waals surface area (Å²) in [5, 5.41) is 0. The van der Waals surface area contributed by atoms with Crippen LogP contribution in [0.15, 0.2) is 18.2 Å². The molecule has 0 bridgehead atoms. The highest BCUT2D eigenvalue weighted by Crippen LogP contribution is 2.26. The maximum absolute atomic E-state index is 11.5. The van der Waals surface area contributed by atoms with Crippen LogP contribution in [0, 0.1) is 0 Å². The third-order valence-corrected chi connectivity index (χ3v) is 3.32. The number of nitrogens with zero attached hydrogens (tertiary/aromatic N) is 1. The second-order valence-corrected chi connectivity index (χ2v) is 4.65. The van der Waals surface area contributed by atoms with Gasteiger partial charge in [-0.3, -0.25) is 4.90 Å². The number of rotatable bonds is 3. The average molecular weight is 299 g/mol. The van der Waals surface area contributed by atoms with E-state index in [0.717, 1.165) is 17.9 Å². The molecule has 0 amide bonds. The van der Waals surface area contributed by atoms with Crippen molar-refractivity contribution in [2.24, 2.45) is 0 Å². The molecule has 1 aliphatic rings. The Hall–Kier alpha value is -1.24. The van der Waals surface area contributed by atoms with Gasteiger partial charge in [-0.15, -0.1) is 0 Å². The molecule has 1 aliphatic heterocycles. The molecule has 0 fully saturated rings. The fourth-order valence-corrected chi connectivity index (χ4v) is 2.14. The van der Waals surface area contributed by atoms with E-state index in [2.05, 4.69) is 4.90 Å². The lowest BCUT2D eigenvalue weighted by molar-refractivity contribution is 0.0599.